The van der Waals surface area contributed by atoms with E-state index in [-0.39, 0.29) is 5.92 Å². The Kier molecular flexibility index (Phi) is 7.43. The molecule has 4 aromatic rings. The van der Waals surface area contributed by atoms with Gasteiger partial charge in [0.05, 0.1) is 5.56 Å². The number of benzene rings is 4. The highest BCUT2D eigenvalue weighted by Crippen LogP contribution is 2.42. The van der Waals surface area contributed by atoms with Crippen LogP contribution in [0.4, 0.5) is 0 Å². The second kappa shape index (κ2) is 10.9. The maximum atomic E-state index is 11.9. The summed E-state index contributed by atoms with van der Waals surface area (Å²) in [5.41, 5.74) is 7.75. The summed E-state index contributed by atoms with van der Waals surface area (Å²) in [6.07, 6.45) is 4.46. The minimum absolute atomic E-state index is 0.246. The fraction of sp³-hybridized carbons (Fsp3) is 0.324. The van der Waals surface area contributed by atoms with Gasteiger partial charge >= 0.3 is 5.97 Å². The Hall–Kier alpha value is -3.43. The van der Waals surface area contributed by atoms with E-state index in [1.54, 1.807) is 0 Å². The molecule has 37 heavy (non-hydrogen) atoms. The third kappa shape index (κ3) is 5.33. The topological polar surface area (TPSA) is 49.3 Å². The van der Waals surface area contributed by atoms with Gasteiger partial charge in [-0.05, 0) is 109 Å². The molecular weight excluding hydrogens is 454 g/mol. The molecule has 190 valence electrons. The number of carboxylic acids is 1. The van der Waals surface area contributed by atoms with Crippen LogP contribution in [0.15, 0.2) is 78.9 Å². The number of nitrogens with one attached hydrogen (secondary N) is 1. The molecule has 0 bridgehead atoms. The van der Waals surface area contributed by atoms with Crippen LogP contribution in [0.5, 0.6) is 0 Å². The summed E-state index contributed by atoms with van der Waals surface area (Å²) in [7, 11) is 0. The van der Waals surface area contributed by atoms with Gasteiger partial charge in [0.25, 0.3) is 0 Å². The molecule has 0 amide bonds. The van der Waals surface area contributed by atoms with Crippen LogP contribution in [0.25, 0.3) is 10.8 Å². The highest BCUT2D eigenvalue weighted by molar-refractivity contribution is 5.90. The van der Waals surface area contributed by atoms with E-state index >= 15 is 0 Å². The standard InChI is InChI=1S/C34H37NO2/c1-22-18-23(2)32(34(36)37)21-31(22)33-20-25(19-27-12-5-7-15-30(27)33)10-9-17-35-24(3)28-16-8-13-26-11-4-6-14-29(26)28/h4-8,11-16,18,21,24-25,33,35H,9-10,17,19-20H2,1-3H3,(H,36,37)/t24-,25?,33?/m1/s1. The number of aromatic carboxylic acids is 1. The molecule has 3 heteroatoms. The number of carboxylic acid groups (broad SMARTS) is 1. The van der Waals surface area contributed by atoms with Crippen LogP contribution >= 0.6 is 0 Å². The Labute approximate surface area is 220 Å². The molecule has 0 heterocycles. The predicted molar refractivity (Wildman–Crippen MR) is 153 cm³/mol. The first kappa shape index (κ1) is 25.2. The van der Waals surface area contributed by atoms with Gasteiger partial charge in [0.1, 0.15) is 0 Å². The van der Waals surface area contributed by atoms with Crippen LogP contribution in [0, 0.1) is 19.8 Å². The van der Waals surface area contributed by atoms with Crippen LogP contribution in [0.1, 0.15) is 81.9 Å². The van der Waals surface area contributed by atoms with Gasteiger partial charge in [-0.1, -0.05) is 72.8 Å². The van der Waals surface area contributed by atoms with Crippen LogP contribution in [-0.4, -0.2) is 17.6 Å². The molecule has 0 aliphatic heterocycles. The van der Waals surface area contributed by atoms with Gasteiger partial charge in [0.15, 0.2) is 0 Å². The lowest BCUT2D eigenvalue weighted by Gasteiger charge is -2.33. The van der Waals surface area contributed by atoms with Crippen molar-refractivity contribution in [1.82, 2.24) is 5.32 Å². The van der Waals surface area contributed by atoms with Crippen molar-refractivity contribution in [2.45, 2.75) is 58.4 Å². The van der Waals surface area contributed by atoms with Gasteiger partial charge in [-0.15, -0.1) is 0 Å². The lowest BCUT2D eigenvalue weighted by atomic mass is 9.71. The summed E-state index contributed by atoms with van der Waals surface area (Å²) in [5, 5.41) is 16.1. The molecule has 0 spiro atoms. The Bertz CT molecular complexity index is 1420. The molecule has 3 nitrogen and oxygen atoms in total. The first-order valence-corrected chi connectivity index (χ1v) is 13.6. The van der Waals surface area contributed by atoms with Gasteiger partial charge in [-0.2, -0.15) is 0 Å². The van der Waals surface area contributed by atoms with Crippen LogP contribution in [-0.2, 0) is 6.42 Å². The van der Waals surface area contributed by atoms with E-state index in [9.17, 15) is 9.90 Å². The molecule has 3 atom stereocenters. The van der Waals surface area contributed by atoms with Crippen molar-refractivity contribution in [2.75, 3.05) is 6.54 Å². The van der Waals surface area contributed by atoms with E-state index in [2.05, 4.69) is 85.9 Å². The monoisotopic (exact) mass is 491 g/mol. The molecule has 0 saturated carbocycles. The fourth-order valence-corrected chi connectivity index (χ4v) is 6.35. The molecule has 2 unspecified atom stereocenters. The van der Waals surface area contributed by atoms with Gasteiger partial charge in [0, 0.05) is 12.0 Å². The lowest BCUT2D eigenvalue weighted by Crippen LogP contribution is -2.23. The summed E-state index contributed by atoms with van der Waals surface area (Å²) < 4.78 is 0. The first-order chi connectivity index (χ1) is 17.9. The van der Waals surface area contributed by atoms with E-state index in [1.807, 2.05) is 19.1 Å². The van der Waals surface area contributed by atoms with Gasteiger partial charge in [-0.25, -0.2) is 4.79 Å². The van der Waals surface area contributed by atoms with Gasteiger partial charge < -0.3 is 10.4 Å². The third-order valence-electron chi connectivity index (χ3n) is 8.26. The fourth-order valence-electron chi connectivity index (χ4n) is 6.35. The summed E-state index contributed by atoms with van der Waals surface area (Å²) in [6.45, 7) is 7.26. The number of aryl methyl sites for hydroxylation is 2. The van der Waals surface area contributed by atoms with Crippen molar-refractivity contribution < 1.29 is 9.90 Å². The number of rotatable bonds is 8. The van der Waals surface area contributed by atoms with E-state index < -0.39 is 5.97 Å². The zero-order valence-corrected chi connectivity index (χ0v) is 22.1. The SMILES string of the molecule is Cc1cc(C)c(C2CC(CCCN[C@H](C)c3cccc4ccccc34)Cc3ccccc32)cc1C(=O)O. The van der Waals surface area contributed by atoms with Crippen molar-refractivity contribution in [3.8, 4) is 0 Å². The summed E-state index contributed by atoms with van der Waals surface area (Å²) in [4.78, 5) is 11.9. The van der Waals surface area contributed by atoms with Crippen molar-refractivity contribution in [3.05, 3.63) is 118 Å². The largest absolute Gasteiger partial charge is 0.478 e. The lowest BCUT2D eigenvalue weighted by molar-refractivity contribution is 0.0696. The Morgan fingerprint density at radius 3 is 2.54 bits per heavy atom. The highest BCUT2D eigenvalue weighted by Gasteiger charge is 2.29. The Balaban J connectivity index is 1.28. The summed E-state index contributed by atoms with van der Waals surface area (Å²) >= 11 is 0. The molecule has 5 rings (SSSR count). The predicted octanol–water partition coefficient (Wildman–Crippen LogP) is 7.98. The van der Waals surface area contributed by atoms with Crippen molar-refractivity contribution in [3.63, 3.8) is 0 Å². The minimum Gasteiger partial charge on any atom is -0.478 e. The van der Waals surface area contributed by atoms with E-state index in [0.717, 1.165) is 37.8 Å². The maximum absolute atomic E-state index is 11.9. The molecular formula is C34H37NO2. The molecule has 0 radical (unpaired) electrons. The molecule has 1 aliphatic carbocycles. The third-order valence-corrected chi connectivity index (χ3v) is 8.26. The molecule has 4 aromatic carbocycles. The zero-order chi connectivity index (χ0) is 25.9. The highest BCUT2D eigenvalue weighted by atomic mass is 16.4. The molecule has 0 fully saturated rings. The number of hydrogen-bond acceptors (Lipinski definition) is 2. The normalized spacial score (nSPS) is 17.9. The first-order valence-electron chi connectivity index (χ1n) is 13.6. The molecule has 0 aromatic heterocycles. The Morgan fingerprint density at radius 2 is 1.70 bits per heavy atom. The van der Waals surface area contributed by atoms with Crippen molar-refractivity contribution >= 4 is 16.7 Å². The van der Waals surface area contributed by atoms with Gasteiger partial charge in [-0.3, -0.25) is 0 Å². The second-order valence-corrected chi connectivity index (χ2v) is 10.8. The molecule has 1 aliphatic rings. The van der Waals surface area contributed by atoms with Crippen LogP contribution < -0.4 is 5.32 Å². The summed E-state index contributed by atoms with van der Waals surface area (Å²) in [5.74, 6) is -0.00876. The van der Waals surface area contributed by atoms with Crippen LogP contribution in [0.2, 0.25) is 0 Å². The quantitative estimate of drug-likeness (QED) is 0.246. The number of hydrogen-bond donors (Lipinski definition) is 2. The summed E-state index contributed by atoms with van der Waals surface area (Å²) in [6, 6.07) is 28.2. The minimum atomic E-state index is -0.842. The van der Waals surface area contributed by atoms with E-state index in [1.165, 1.54) is 38.6 Å². The average Bonchev–Trinajstić information content (AvgIpc) is 2.90. The van der Waals surface area contributed by atoms with E-state index in [0.29, 0.717) is 17.5 Å². The van der Waals surface area contributed by atoms with Crippen molar-refractivity contribution in [1.29, 1.82) is 0 Å². The average molecular weight is 492 g/mol. The smallest absolute Gasteiger partial charge is 0.335 e. The molecule has 2 N–H and O–H groups in total. The maximum Gasteiger partial charge on any atom is 0.335 e. The zero-order valence-electron chi connectivity index (χ0n) is 22.1. The van der Waals surface area contributed by atoms with Crippen LogP contribution in [0.3, 0.4) is 0 Å². The van der Waals surface area contributed by atoms with E-state index in [4.69, 9.17) is 0 Å². The number of carbonyl (C=O) groups is 1. The molecule has 0 saturated heterocycles. The Morgan fingerprint density at radius 1 is 0.946 bits per heavy atom. The van der Waals surface area contributed by atoms with Crippen molar-refractivity contribution in [2.24, 2.45) is 5.92 Å². The van der Waals surface area contributed by atoms with Gasteiger partial charge in [0.2, 0.25) is 0 Å². The number of fused-ring (bicyclic) bond motifs is 2. The second-order valence-electron chi connectivity index (χ2n) is 10.8.